The predicted molar refractivity (Wildman–Crippen MR) is 143 cm³/mol. The van der Waals surface area contributed by atoms with Gasteiger partial charge in [0.25, 0.3) is 10.0 Å². The predicted octanol–water partition coefficient (Wildman–Crippen LogP) is 5.64. The van der Waals surface area contributed by atoms with Crippen LogP contribution in [0, 0.1) is 0 Å². The van der Waals surface area contributed by atoms with Gasteiger partial charge in [-0.15, -0.1) is 0 Å². The van der Waals surface area contributed by atoms with Crippen molar-refractivity contribution in [2.45, 2.75) is 63.0 Å². The Morgan fingerprint density at radius 3 is 2.28 bits per heavy atom. The Morgan fingerprint density at radius 1 is 0.944 bits per heavy atom. The fourth-order valence-electron chi connectivity index (χ4n) is 4.87. The number of amides is 1. The summed E-state index contributed by atoms with van der Waals surface area (Å²) in [6.45, 7) is 5.83. The number of benzene rings is 3. The van der Waals surface area contributed by atoms with Crippen molar-refractivity contribution in [3.8, 4) is 5.75 Å². The van der Waals surface area contributed by atoms with Crippen molar-refractivity contribution in [1.82, 2.24) is 5.32 Å². The number of hydrogen-bond acceptors (Lipinski definition) is 4. The summed E-state index contributed by atoms with van der Waals surface area (Å²) in [7, 11) is -3.97. The minimum absolute atomic E-state index is 0.149. The van der Waals surface area contributed by atoms with Gasteiger partial charge in [0.15, 0.2) is 0 Å². The van der Waals surface area contributed by atoms with E-state index >= 15 is 0 Å². The van der Waals surface area contributed by atoms with E-state index in [1.165, 1.54) is 4.31 Å². The van der Waals surface area contributed by atoms with Gasteiger partial charge in [0.05, 0.1) is 16.6 Å². The van der Waals surface area contributed by atoms with Crippen LogP contribution in [-0.2, 0) is 21.2 Å². The van der Waals surface area contributed by atoms with E-state index in [0.717, 1.165) is 29.7 Å². The maximum atomic E-state index is 13.7. The Bertz CT molecular complexity index is 1300. The van der Waals surface area contributed by atoms with E-state index in [2.05, 4.69) is 19.2 Å². The molecule has 1 aliphatic heterocycles. The molecule has 0 saturated carbocycles. The number of nitrogens with one attached hydrogen (secondary N) is 1. The molecule has 0 aliphatic carbocycles. The number of sulfonamides is 1. The number of para-hydroxylation sites is 2. The van der Waals surface area contributed by atoms with E-state index in [1.54, 1.807) is 42.5 Å². The van der Waals surface area contributed by atoms with Crippen LogP contribution in [0.2, 0.25) is 0 Å². The number of ether oxygens (including phenoxy) is 1. The van der Waals surface area contributed by atoms with Gasteiger partial charge in [-0.25, -0.2) is 8.42 Å². The summed E-state index contributed by atoms with van der Waals surface area (Å²) in [6, 6.07) is 23.0. The first-order valence-electron chi connectivity index (χ1n) is 12.6. The summed E-state index contributed by atoms with van der Waals surface area (Å²) in [5, 5.41) is 3.13. The molecule has 0 radical (unpaired) electrons. The highest BCUT2D eigenvalue weighted by atomic mass is 32.2. The first-order chi connectivity index (χ1) is 17.3. The molecule has 0 fully saturated rings. The number of rotatable bonds is 9. The van der Waals surface area contributed by atoms with Crippen LogP contribution in [-0.4, -0.2) is 26.5 Å². The van der Waals surface area contributed by atoms with Crippen LogP contribution in [0.5, 0.6) is 5.75 Å². The van der Waals surface area contributed by atoms with Gasteiger partial charge >= 0.3 is 0 Å². The third-order valence-electron chi connectivity index (χ3n) is 7.08. The van der Waals surface area contributed by atoms with E-state index in [1.807, 2.05) is 43.3 Å². The van der Waals surface area contributed by atoms with Gasteiger partial charge in [-0.1, -0.05) is 75.4 Å². The summed E-state index contributed by atoms with van der Waals surface area (Å²) in [4.78, 5) is 13.7. The van der Waals surface area contributed by atoms with Crippen LogP contribution in [0.3, 0.4) is 0 Å². The third-order valence-corrected chi connectivity index (χ3v) is 8.85. The number of fused-ring (bicyclic) bond motifs is 1. The molecule has 1 N–H and O–H groups in total. The van der Waals surface area contributed by atoms with E-state index < -0.39 is 10.0 Å². The van der Waals surface area contributed by atoms with Crippen molar-refractivity contribution >= 4 is 21.6 Å². The number of nitrogens with zero attached hydrogens (tertiary/aromatic N) is 1. The quantitative estimate of drug-likeness (QED) is 0.407. The average Bonchev–Trinajstić information content (AvgIpc) is 2.92. The monoisotopic (exact) mass is 506 g/mol. The summed E-state index contributed by atoms with van der Waals surface area (Å²) in [6.07, 6.45) is 2.88. The lowest BCUT2D eigenvalue weighted by atomic mass is 9.83. The standard InChI is InChI=1S/C29H34N2O4S/c1-4-22-14-10-12-18-26(22)31(36(33,34)23-15-8-7-9-16-23)21-28(32)30-25-20-29(5-2,6-3)35-27-19-13-11-17-24(25)27/h7-19,25H,4-6,20-21H2,1-3H3,(H,30,32)/t25-/m0/s1. The van der Waals surface area contributed by atoms with Gasteiger partial charge in [-0.2, -0.15) is 0 Å². The Kier molecular flexibility index (Phi) is 7.69. The lowest BCUT2D eigenvalue weighted by molar-refractivity contribution is -0.121. The lowest BCUT2D eigenvalue weighted by Crippen LogP contribution is -2.47. The van der Waals surface area contributed by atoms with Crippen molar-refractivity contribution < 1.29 is 17.9 Å². The summed E-state index contributed by atoms with van der Waals surface area (Å²) in [5.74, 6) is 0.408. The zero-order valence-electron chi connectivity index (χ0n) is 21.1. The molecule has 3 aromatic carbocycles. The number of hydrogen-bond donors (Lipinski definition) is 1. The summed E-state index contributed by atoms with van der Waals surface area (Å²) < 4.78 is 35.1. The molecule has 6 nitrogen and oxygen atoms in total. The molecule has 0 aromatic heterocycles. The Balaban J connectivity index is 1.68. The maximum Gasteiger partial charge on any atom is 0.264 e. The van der Waals surface area contributed by atoms with E-state index in [0.29, 0.717) is 18.5 Å². The summed E-state index contributed by atoms with van der Waals surface area (Å²) in [5.41, 5.74) is 1.91. The zero-order valence-corrected chi connectivity index (χ0v) is 21.9. The number of aryl methyl sites for hydroxylation is 1. The molecule has 36 heavy (non-hydrogen) atoms. The molecular formula is C29H34N2O4S. The van der Waals surface area contributed by atoms with Gasteiger partial charge in [-0.05, 0) is 49.1 Å². The highest BCUT2D eigenvalue weighted by Crippen LogP contribution is 2.42. The molecule has 7 heteroatoms. The summed E-state index contributed by atoms with van der Waals surface area (Å²) >= 11 is 0. The molecule has 0 bridgehead atoms. The Hall–Kier alpha value is -3.32. The fraction of sp³-hybridized carbons (Fsp3) is 0.345. The van der Waals surface area contributed by atoms with Crippen molar-refractivity contribution in [1.29, 1.82) is 0 Å². The van der Waals surface area contributed by atoms with Crippen LogP contribution in [0.4, 0.5) is 5.69 Å². The maximum absolute atomic E-state index is 13.7. The number of anilines is 1. The van der Waals surface area contributed by atoms with Crippen LogP contribution >= 0.6 is 0 Å². The van der Waals surface area contributed by atoms with Crippen molar-refractivity contribution in [3.63, 3.8) is 0 Å². The normalized spacial score (nSPS) is 16.5. The SMILES string of the molecule is CCc1ccccc1N(CC(=O)N[C@H]1CC(CC)(CC)Oc2ccccc21)S(=O)(=O)c1ccccc1. The smallest absolute Gasteiger partial charge is 0.264 e. The second-order valence-corrected chi connectivity index (χ2v) is 11.0. The van der Waals surface area contributed by atoms with Gasteiger partial charge < -0.3 is 10.1 Å². The zero-order chi connectivity index (χ0) is 25.8. The minimum Gasteiger partial charge on any atom is -0.487 e. The largest absolute Gasteiger partial charge is 0.487 e. The molecular weight excluding hydrogens is 472 g/mol. The van der Waals surface area contributed by atoms with Crippen LogP contribution < -0.4 is 14.4 Å². The third kappa shape index (κ3) is 5.12. The first-order valence-corrected chi connectivity index (χ1v) is 14.0. The highest BCUT2D eigenvalue weighted by molar-refractivity contribution is 7.92. The lowest BCUT2D eigenvalue weighted by Gasteiger charge is -2.41. The molecule has 1 heterocycles. The van der Waals surface area contributed by atoms with Gasteiger partial charge in [0, 0.05) is 12.0 Å². The van der Waals surface area contributed by atoms with E-state index in [-0.39, 0.29) is 29.0 Å². The molecule has 190 valence electrons. The van der Waals surface area contributed by atoms with Crippen molar-refractivity contribution in [2.24, 2.45) is 0 Å². The molecule has 3 aromatic rings. The Labute approximate surface area is 214 Å². The van der Waals surface area contributed by atoms with Crippen molar-refractivity contribution in [3.05, 3.63) is 90.0 Å². The highest BCUT2D eigenvalue weighted by Gasteiger charge is 2.39. The van der Waals surface area contributed by atoms with Crippen LogP contribution in [0.25, 0.3) is 0 Å². The van der Waals surface area contributed by atoms with Gasteiger partial charge in [0.1, 0.15) is 17.9 Å². The number of carbonyl (C=O) groups is 1. The fourth-order valence-corrected chi connectivity index (χ4v) is 6.35. The van der Waals surface area contributed by atoms with Crippen LogP contribution in [0.1, 0.15) is 57.2 Å². The average molecular weight is 507 g/mol. The molecule has 0 unspecified atom stereocenters. The molecule has 0 saturated heterocycles. The first kappa shape index (κ1) is 25.8. The van der Waals surface area contributed by atoms with Crippen molar-refractivity contribution in [2.75, 3.05) is 10.8 Å². The van der Waals surface area contributed by atoms with Gasteiger partial charge in [-0.3, -0.25) is 9.10 Å². The van der Waals surface area contributed by atoms with Crippen LogP contribution in [0.15, 0.2) is 83.8 Å². The molecule has 1 atom stereocenters. The molecule has 4 rings (SSSR count). The second-order valence-electron chi connectivity index (χ2n) is 9.16. The number of carbonyl (C=O) groups excluding carboxylic acids is 1. The minimum atomic E-state index is -3.97. The molecule has 0 spiro atoms. The molecule has 1 amide bonds. The van der Waals surface area contributed by atoms with E-state index in [9.17, 15) is 13.2 Å². The second kappa shape index (κ2) is 10.7. The Morgan fingerprint density at radius 2 is 1.58 bits per heavy atom. The van der Waals surface area contributed by atoms with Gasteiger partial charge in [0.2, 0.25) is 5.91 Å². The molecule has 1 aliphatic rings. The topological polar surface area (TPSA) is 75.7 Å². The van der Waals surface area contributed by atoms with E-state index in [4.69, 9.17) is 4.74 Å².